The van der Waals surface area contributed by atoms with Crippen LogP contribution in [0.15, 0.2) is 42.6 Å². The van der Waals surface area contributed by atoms with Gasteiger partial charge in [-0.25, -0.2) is 4.79 Å². The van der Waals surface area contributed by atoms with Gasteiger partial charge < -0.3 is 10.1 Å². The van der Waals surface area contributed by atoms with Crippen LogP contribution >= 0.6 is 0 Å². The second kappa shape index (κ2) is 8.54. The number of nitrogens with one attached hydrogen (secondary N) is 1. The van der Waals surface area contributed by atoms with E-state index in [0.717, 1.165) is 56.9 Å². The van der Waals surface area contributed by atoms with Crippen molar-refractivity contribution in [1.82, 2.24) is 20.1 Å². The van der Waals surface area contributed by atoms with E-state index in [2.05, 4.69) is 33.4 Å². The Morgan fingerprint density at radius 1 is 1.16 bits per heavy atom. The van der Waals surface area contributed by atoms with Crippen LogP contribution in [0.1, 0.15) is 43.0 Å². The smallest absolute Gasteiger partial charge is 0.325 e. The molecule has 0 unspecified atom stereocenters. The van der Waals surface area contributed by atoms with Gasteiger partial charge in [-0.1, -0.05) is 25.1 Å². The first-order chi connectivity index (χ1) is 15.6. The Morgan fingerprint density at radius 3 is 2.75 bits per heavy atom. The van der Waals surface area contributed by atoms with Crippen molar-refractivity contribution in [2.75, 3.05) is 19.7 Å². The lowest BCUT2D eigenvalue weighted by atomic mass is 9.75. The number of likely N-dealkylation sites (tertiary alicyclic amines) is 1. The number of hydrogen-bond donors (Lipinski definition) is 1. The van der Waals surface area contributed by atoms with Gasteiger partial charge in [0.2, 0.25) is 0 Å². The third-order valence-corrected chi connectivity index (χ3v) is 7.25. The average molecular weight is 435 g/mol. The summed E-state index contributed by atoms with van der Waals surface area (Å²) < 4.78 is 5.61. The molecule has 5 rings (SSSR count). The lowest BCUT2D eigenvalue weighted by Gasteiger charge is -2.40. The van der Waals surface area contributed by atoms with Crippen LogP contribution in [0.3, 0.4) is 0 Å². The lowest BCUT2D eigenvalue weighted by molar-refractivity contribution is -0.134. The molecular formula is C25H30N4O3. The Kier molecular flexibility index (Phi) is 5.59. The fourth-order valence-corrected chi connectivity index (χ4v) is 5.43. The molecule has 0 aliphatic carbocycles. The maximum atomic E-state index is 13.4. The van der Waals surface area contributed by atoms with E-state index in [9.17, 15) is 9.59 Å². The molecule has 1 aromatic heterocycles. The molecule has 0 spiro atoms. The SMILES string of the molecule is CC[C@]1(C2CCN(Cc3ccc4c(c3)CCO4)CC2)NC(=O)N(Cc2ccccn2)C1=O. The molecule has 32 heavy (non-hydrogen) atoms. The Hall–Kier alpha value is -2.93. The Bertz CT molecular complexity index is 1000. The van der Waals surface area contributed by atoms with Crippen LogP contribution in [0.5, 0.6) is 5.75 Å². The van der Waals surface area contributed by atoms with Crippen molar-refractivity contribution in [3.05, 3.63) is 59.4 Å². The standard InChI is InChI=1S/C25H30N4O3/c1-2-25(23(30)29(24(31)27-25)17-21-5-3-4-11-26-21)20-8-12-28(13-9-20)16-18-6-7-22-19(15-18)10-14-32-22/h3-7,11,15,20H,2,8-10,12-14,16-17H2,1H3,(H,27,31)/t25-/m1/s1. The van der Waals surface area contributed by atoms with Crippen LogP contribution in [-0.4, -0.2) is 52.0 Å². The van der Waals surface area contributed by atoms with Crippen molar-refractivity contribution in [2.45, 2.75) is 51.2 Å². The van der Waals surface area contributed by atoms with Crippen LogP contribution in [0.2, 0.25) is 0 Å². The van der Waals surface area contributed by atoms with E-state index in [1.807, 2.05) is 25.1 Å². The van der Waals surface area contributed by atoms with E-state index >= 15 is 0 Å². The van der Waals surface area contributed by atoms with Crippen molar-refractivity contribution in [3.63, 3.8) is 0 Å². The minimum atomic E-state index is -0.803. The molecule has 3 aliphatic rings. The predicted octanol–water partition coefficient (Wildman–Crippen LogP) is 3.13. The topological polar surface area (TPSA) is 74.8 Å². The fraction of sp³-hybridized carbons (Fsp3) is 0.480. The third kappa shape index (κ3) is 3.75. The number of piperidine rings is 1. The van der Waals surface area contributed by atoms with Gasteiger partial charge in [0.05, 0.1) is 18.8 Å². The van der Waals surface area contributed by atoms with Crippen LogP contribution < -0.4 is 10.1 Å². The average Bonchev–Trinajstić information content (AvgIpc) is 3.38. The molecule has 1 atom stereocenters. The summed E-state index contributed by atoms with van der Waals surface area (Å²) in [5, 5.41) is 3.08. The summed E-state index contributed by atoms with van der Waals surface area (Å²) in [6.07, 6.45) is 5.06. The highest BCUT2D eigenvalue weighted by atomic mass is 16.5. The molecule has 0 bridgehead atoms. The van der Waals surface area contributed by atoms with Crippen molar-refractivity contribution >= 4 is 11.9 Å². The summed E-state index contributed by atoms with van der Waals surface area (Å²) in [6.45, 7) is 5.74. The molecule has 4 heterocycles. The number of amides is 3. The van der Waals surface area contributed by atoms with Gasteiger partial charge in [0, 0.05) is 19.2 Å². The number of aromatic nitrogens is 1. The van der Waals surface area contributed by atoms with Crippen molar-refractivity contribution in [3.8, 4) is 5.75 Å². The summed E-state index contributed by atoms with van der Waals surface area (Å²) >= 11 is 0. The maximum absolute atomic E-state index is 13.4. The van der Waals surface area contributed by atoms with Crippen LogP contribution in [0.4, 0.5) is 4.79 Å². The molecular weight excluding hydrogens is 404 g/mol. The normalized spacial score (nSPS) is 23.8. The van der Waals surface area contributed by atoms with Crippen LogP contribution in [0, 0.1) is 5.92 Å². The Labute approximate surface area is 188 Å². The van der Waals surface area contributed by atoms with E-state index < -0.39 is 5.54 Å². The van der Waals surface area contributed by atoms with Crippen LogP contribution in [0.25, 0.3) is 0 Å². The summed E-state index contributed by atoms with van der Waals surface area (Å²) in [5.41, 5.74) is 2.53. The second-order valence-corrected chi connectivity index (χ2v) is 9.06. The molecule has 0 radical (unpaired) electrons. The number of imide groups is 1. The first-order valence-electron chi connectivity index (χ1n) is 11.6. The molecule has 2 aromatic rings. The first kappa shape index (κ1) is 20.9. The minimum Gasteiger partial charge on any atom is -0.493 e. The van der Waals surface area contributed by atoms with E-state index in [1.165, 1.54) is 16.0 Å². The Balaban J connectivity index is 1.23. The highest BCUT2D eigenvalue weighted by molar-refractivity contribution is 6.07. The van der Waals surface area contributed by atoms with E-state index in [0.29, 0.717) is 6.42 Å². The second-order valence-electron chi connectivity index (χ2n) is 9.06. The third-order valence-electron chi connectivity index (χ3n) is 7.25. The number of nitrogens with zero attached hydrogens (tertiary/aromatic N) is 3. The molecule has 7 nitrogen and oxygen atoms in total. The quantitative estimate of drug-likeness (QED) is 0.707. The van der Waals surface area contributed by atoms with Gasteiger partial charge in [0.1, 0.15) is 11.3 Å². The van der Waals surface area contributed by atoms with E-state index in [1.54, 1.807) is 6.20 Å². The molecule has 168 valence electrons. The zero-order valence-corrected chi connectivity index (χ0v) is 18.5. The fourth-order valence-electron chi connectivity index (χ4n) is 5.43. The van der Waals surface area contributed by atoms with Crippen molar-refractivity contribution < 1.29 is 14.3 Å². The number of carbonyl (C=O) groups excluding carboxylic acids is 2. The lowest BCUT2D eigenvalue weighted by Crippen LogP contribution is -2.55. The number of hydrogen-bond acceptors (Lipinski definition) is 5. The molecule has 2 saturated heterocycles. The molecule has 1 N–H and O–H groups in total. The number of rotatable bonds is 6. The summed E-state index contributed by atoms with van der Waals surface area (Å²) in [7, 11) is 0. The van der Waals surface area contributed by atoms with Gasteiger partial charge in [0.25, 0.3) is 5.91 Å². The summed E-state index contributed by atoms with van der Waals surface area (Å²) in [5.74, 6) is 1.05. The van der Waals surface area contributed by atoms with Gasteiger partial charge >= 0.3 is 6.03 Å². The molecule has 0 saturated carbocycles. The summed E-state index contributed by atoms with van der Waals surface area (Å²) in [4.78, 5) is 34.3. The number of carbonyl (C=O) groups is 2. The van der Waals surface area contributed by atoms with Gasteiger partial charge in [-0.05, 0) is 67.6 Å². The van der Waals surface area contributed by atoms with Crippen molar-refractivity contribution in [2.24, 2.45) is 5.92 Å². The number of urea groups is 1. The number of pyridine rings is 1. The highest BCUT2D eigenvalue weighted by Gasteiger charge is 2.54. The van der Waals surface area contributed by atoms with Gasteiger partial charge in [-0.3, -0.25) is 19.6 Å². The molecule has 3 amide bonds. The zero-order chi connectivity index (χ0) is 22.1. The van der Waals surface area contributed by atoms with Crippen LogP contribution in [-0.2, 0) is 24.3 Å². The first-order valence-corrected chi connectivity index (χ1v) is 11.6. The minimum absolute atomic E-state index is 0.104. The molecule has 2 fully saturated rings. The molecule has 7 heteroatoms. The van der Waals surface area contributed by atoms with Gasteiger partial charge in [-0.15, -0.1) is 0 Å². The number of benzene rings is 1. The highest BCUT2D eigenvalue weighted by Crippen LogP contribution is 2.37. The molecule has 1 aromatic carbocycles. The van der Waals surface area contributed by atoms with E-state index in [-0.39, 0.29) is 24.4 Å². The number of fused-ring (bicyclic) bond motifs is 1. The Morgan fingerprint density at radius 2 is 2.00 bits per heavy atom. The van der Waals surface area contributed by atoms with Crippen molar-refractivity contribution in [1.29, 1.82) is 0 Å². The summed E-state index contributed by atoms with van der Waals surface area (Å²) in [6, 6.07) is 11.7. The largest absolute Gasteiger partial charge is 0.493 e. The van der Waals surface area contributed by atoms with E-state index in [4.69, 9.17) is 4.74 Å². The number of ether oxygens (including phenoxy) is 1. The van der Waals surface area contributed by atoms with Gasteiger partial charge in [-0.2, -0.15) is 0 Å². The predicted molar refractivity (Wildman–Crippen MR) is 120 cm³/mol. The maximum Gasteiger partial charge on any atom is 0.325 e. The van der Waals surface area contributed by atoms with Gasteiger partial charge in [0.15, 0.2) is 0 Å². The zero-order valence-electron chi connectivity index (χ0n) is 18.5. The molecule has 3 aliphatic heterocycles. The monoisotopic (exact) mass is 434 g/mol.